The minimum atomic E-state index is -4.50. The van der Waals surface area contributed by atoms with Crippen molar-refractivity contribution in [1.29, 1.82) is 0 Å². The van der Waals surface area contributed by atoms with Gasteiger partial charge in [-0.2, -0.15) is 18.3 Å². The summed E-state index contributed by atoms with van der Waals surface area (Å²) in [6, 6.07) is 4.61. The number of alkyl halides is 3. The van der Waals surface area contributed by atoms with E-state index < -0.39 is 12.7 Å². The molecule has 1 aliphatic heterocycles. The minimum Gasteiger partial charge on any atom is -0.495 e. The SMILES string of the molecule is COc1ccc(Nc2nn(CC(F)(F)F)c3cc(C(=O)N4CCCOCC4)ncc23)nc1. The second-order valence-corrected chi connectivity index (χ2v) is 7.17. The van der Waals surface area contributed by atoms with Crippen LogP contribution in [0.15, 0.2) is 30.6 Å². The summed E-state index contributed by atoms with van der Waals surface area (Å²) >= 11 is 0. The highest BCUT2D eigenvalue weighted by molar-refractivity contribution is 5.98. The Morgan fingerprint density at radius 1 is 1.22 bits per heavy atom. The molecule has 32 heavy (non-hydrogen) atoms. The molecule has 0 bridgehead atoms. The van der Waals surface area contributed by atoms with E-state index in [0.717, 1.165) is 4.68 Å². The Kier molecular flexibility index (Phi) is 6.12. The third-order valence-corrected chi connectivity index (χ3v) is 4.91. The van der Waals surface area contributed by atoms with Crippen LogP contribution in [0.25, 0.3) is 10.9 Å². The van der Waals surface area contributed by atoms with E-state index in [2.05, 4.69) is 20.4 Å². The second-order valence-electron chi connectivity index (χ2n) is 7.17. The van der Waals surface area contributed by atoms with Gasteiger partial charge in [0, 0.05) is 25.9 Å². The number of fused-ring (bicyclic) bond motifs is 1. The zero-order valence-corrected chi connectivity index (χ0v) is 17.2. The van der Waals surface area contributed by atoms with Crippen molar-refractivity contribution in [2.45, 2.75) is 19.1 Å². The van der Waals surface area contributed by atoms with Gasteiger partial charge in [-0.05, 0) is 24.6 Å². The number of methoxy groups -OCH3 is 1. The molecule has 0 unspecified atom stereocenters. The lowest BCUT2D eigenvalue weighted by Crippen LogP contribution is -2.33. The van der Waals surface area contributed by atoms with Gasteiger partial charge in [-0.1, -0.05) is 0 Å². The Balaban J connectivity index is 1.69. The summed E-state index contributed by atoms with van der Waals surface area (Å²) in [7, 11) is 1.50. The number of pyridine rings is 2. The summed E-state index contributed by atoms with van der Waals surface area (Å²) in [5.74, 6) is 0.695. The van der Waals surface area contributed by atoms with E-state index in [9.17, 15) is 18.0 Å². The molecular formula is C20H21F3N6O3. The molecule has 1 fully saturated rings. The van der Waals surface area contributed by atoms with Crippen molar-refractivity contribution >= 4 is 28.4 Å². The number of anilines is 2. The van der Waals surface area contributed by atoms with Gasteiger partial charge in [0.2, 0.25) is 0 Å². The van der Waals surface area contributed by atoms with Gasteiger partial charge in [-0.15, -0.1) is 0 Å². The van der Waals surface area contributed by atoms with Crippen LogP contribution in [0.1, 0.15) is 16.9 Å². The Bertz CT molecular complexity index is 1090. The smallest absolute Gasteiger partial charge is 0.408 e. The Hall–Kier alpha value is -3.41. The molecule has 3 aromatic rings. The number of hydrogen-bond donors (Lipinski definition) is 1. The van der Waals surface area contributed by atoms with Crippen molar-refractivity contribution < 1.29 is 27.4 Å². The molecular weight excluding hydrogens is 429 g/mol. The standard InChI is InChI=1S/C20H21F3N6O3/c1-31-13-3-4-17(25-10-13)26-18-14-11-24-15(19(30)28-5-2-7-32-8-6-28)9-16(14)29(27-18)12-20(21,22)23/h3-4,9-11H,2,5-8,12H2,1H3,(H,25,26,27). The summed E-state index contributed by atoms with van der Waals surface area (Å²) in [4.78, 5) is 22.8. The van der Waals surface area contributed by atoms with Gasteiger partial charge in [-0.3, -0.25) is 14.5 Å². The molecule has 0 aliphatic carbocycles. The van der Waals surface area contributed by atoms with Crippen LogP contribution in [0.5, 0.6) is 5.75 Å². The number of nitrogens with zero attached hydrogens (tertiary/aromatic N) is 5. The van der Waals surface area contributed by atoms with Gasteiger partial charge < -0.3 is 19.7 Å². The third kappa shape index (κ3) is 4.90. The average Bonchev–Trinajstić information content (AvgIpc) is 2.94. The van der Waals surface area contributed by atoms with E-state index in [0.29, 0.717) is 49.7 Å². The van der Waals surface area contributed by atoms with Crippen molar-refractivity contribution in [3.63, 3.8) is 0 Å². The molecule has 0 atom stereocenters. The summed E-state index contributed by atoms with van der Waals surface area (Å²) in [5.41, 5.74) is 0.194. The second kappa shape index (κ2) is 8.99. The fourth-order valence-corrected chi connectivity index (χ4v) is 3.38. The number of ether oxygens (including phenoxy) is 2. The Morgan fingerprint density at radius 2 is 2.06 bits per heavy atom. The summed E-state index contributed by atoms with van der Waals surface area (Å²) in [6.45, 7) is 0.551. The van der Waals surface area contributed by atoms with Crippen LogP contribution in [0, 0.1) is 0 Å². The van der Waals surface area contributed by atoms with Crippen LogP contribution in [0.2, 0.25) is 0 Å². The summed E-state index contributed by atoms with van der Waals surface area (Å²) in [5, 5.41) is 7.31. The molecule has 170 valence electrons. The quantitative estimate of drug-likeness (QED) is 0.639. The van der Waals surface area contributed by atoms with Crippen molar-refractivity contribution in [1.82, 2.24) is 24.6 Å². The maximum absolute atomic E-state index is 13.2. The first-order valence-corrected chi connectivity index (χ1v) is 9.91. The van der Waals surface area contributed by atoms with Crippen LogP contribution in [0.3, 0.4) is 0 Å². The van der Waals surface area contributed by atoms with Crippen molar-refractivity contribution in [2.75, 3.05) is 38.7 Å². The molecule has 1 N–H and O–H groups in total. The third-order valence-electron chi connectivity index (χ3n) is 4.91. The van der Waals surface area contributed by atoms with Gasteiger partial charge in [0.1, 0.15) is 23.8 Å². The lowest BCUT2D eigenvalue weighted by Gasteiger charge is -2.19. The maximum atomic E-state index is 13.2. The molecule has 0 radical (unpaired) electrons. The first kappa shape index (κ1) is 21.8. The largest absolute Gasteiger partial charge is 0.495 e. The summed E-state index contributed by atoms with van der Waals surface area (Å²) < 4.78 is 50.7. The lowest BCUT2D eigenvalue weighted by molar-refractivity contribution is -0.141. The first-order valence-electron chi connectivity index (χ1n) is 9.91. The number of amides is 1. The number of rotatable bonds is 5. The predicted molar refractivity (Wildman–Crippen MR) is 109 cm³/mol. The zero-order chi connectivity index (χ0) is 22.7. The molecule has 4 rings (SSSR count). The van der Waals surface area contributed by atoms with Crippen molar-refractivity contribution in [2.24, 2.45) is 0 Å². The van der Waals surface area contributed by atoms with Gasteiger partial charge in [0.05, 0.1) is 30.8 Å². The van der Waals surface area contributed by atoms with E-state index in [1.165, 1.54) is 25.6 Å². The van der Waals surface area contributed by atoms with Crippen molar-refractivity contribution in [3.8, 4) is 5.75 Å². The van der Waals surface area contributed by atoms with E-state index in [1.54, 1.807) is 17.0 Å². The normalized spacial score (nSPS) is 14.9. The molecule has 4 heterocycles. The average molecular weight is 450 g/mol. The lowest BCUT2D eigenvalue weighted by atomic mass is 10.2. The number of halogens is 3. The first-order chi connectivity index (χ1) is 15.3. The topological polar surface area (TPSA) is 94.4 Å². The van der Waals surface area contributed by atoms with Crippen LogP contribution in [-0.4, -0.2) is 70.1 Å². The van der Waals surface area contributed by atoms with E-state index in [4.69, 9.17) is 9.47 Å². The fourth-order valence-electron chi connectivity index (χ4n) is 3.38. The van der Waals surface area contributed by atoms with Crippen LogP contribution >= 0.6 is 0 Å². The molecule has 1 amide bonds. The number of aromatic nitrogens is 4. The highest BCUT2D eigenvalue weighted by Crippen LogP contribution is 2.29. The number of nitrogens with one attached hydrogen (secondary N) is 1. The Morgan fingerprint density at radius 3 is 2.78 bits per heavy atom. The highest BCUT2D eigenvalue weighted by atomic mass is 19.4. The molecule has 0 saturated carbocycles. The van der Waals surface area contributed by atoms with Crippen molar-refractivity contribution in [3.05, 3.63) is 36.3 Å². The van der Waals surface area contributed by atoms with Crippen LogP contribution in [0.4, 0.5) is 24.8 Å². The maximum Gasteiger partial charge on any atom is 0.408 e. The Labute approximate surface area is 181 Å². The van der Waals surface area contributed by atoms with E-state index >= 15 is 0 Å². The van der Waals surface area contributed by atoms with E-state index in [1.807, 2.05) is 0 Å². The molecule has 1 aliphatic rings. The monoisotopic (exact) mass is 450 g/mol. The number of carbonyl (C=O) groups excluding carboxylic acids is 1. The molecule has 9 nitrogen and oxygen atoms in total. The molecule has 3 aromatic heterocycles. The van der Waals surface area contributed by atoms with E-state index in [-0.39, 0.29) is 22.9 Å². The van der Waals surface area contributed by atoms with Crippen LogP contribution < -0.4 is 10.1 Å². The number of hydrogen-bond acceptors (Lipinski definition) is 7. The van der Waals surface area contributed by atoms with Gasteiger partial charge in [0.25, 0.3) is 5.91 Å². The molecule has 0 aromatic carbocycles. The van der Waals surface area contributed by atoms with Gasteiger partial charge in [-0.25, -0.2) is 4.98 Å². The minimum absolute atomic E-state index is 0.0526. The zero-order valence-electron chi connectivity index (χ0n) is 17.2. The fraction of sp³-hybridized carbons (Fsp3) is 0.400. The predicted octanol–water partition coefficient (Wildman–Crippen LogP) is 3.00. The molecule has 0 spiro atoms. The molecule has 12 heteroatoms. The van der Waals surface area contributed by atoms with Crippen LogP contribution in [-0.2, 0) is 11.3 Å². The summed E-state index contributed by atoms with van der Waals surface area (Å²) in [6.07, 6.45) is -0.993. The van der Waals surface area contributed by atoms with Gasteiger partial charge >= 0.3 is 6.18 Å². The molecule has 1 saturated heterocycles. The van der Waals surface area contributed by atoms with Gasteiger partial charge in [0.15, 0.2) is 5.82 Å². The number of carbonyl (C=O) groups is 1. The highest BCUT2D eigenvalue weighted by Gasteiger charge is 2.30.